The van der Waals surface area contributed by atoms with Crippen LogP contribution in [0, 0.1) is 5.92 Å². The Morgan fingerprint density at radius 3 is 2.50 bits per heavy atom. The van der Waals surface area contributed by atoms with Gasteiger partial charge in [-0.05, 0) is 6.42 Å². The minimum atomic E-state index is -0.957. The van der Waals surface area contributed by atoms with Crippen LogP contribution in [-0.4, -0.2) is 35.3 Å². The normalized spacial score (nSPS) is 15.7. The Labute approximate surface area is 72.4 Å². The summed E-state index contributed by atoms with van der Waals surface area (Å²) >= 11 is 0. The topological polar surface area (TPSA) is 83.6 Å². The third-order valence-electron chi connectivity index (χ3n) is 1.87. The Morgan fingerprint density at radius 1 is 1.58 bits per heavy atom. The van der Waals surface area contributed by atoms with E-state index in [1.54, 1.807) is 0 Å². The monoisotopic (exact) mass is 175 g/mol. The molecule has 0 aromatic rings. The van der Waals surface area contributed by atoms with Crippen LogP contribution in [0.25, 0.3) is 0 Å². The summed E-state index contributed by atoms with van der Waals surface area (Å²) < 4.78 is 0. The third-order valence-corrected chi connectivity index (χ3v) is 1.87. The van der Waals surface area contributed by atoms with Gasteiger partial charge < -0.3 is 15.9 Å². The van der Waals surface area contributed by atoms with E-state index >= 15 is 0 Å². The molecule has 2 atom stereocenters. The molecule has 0 aromatic heterocycles. The molecule has 0 aliphatic rings. The van der Waals surface area contributed by atoms with Gasteiger partial charge >= 0.3 is 0 Å². The quantitative estimate of drug-likeness (QED) is 0.497. The van der Waals surface area contributed by atoms with Gasteiger partial charge in [0.2, 0.25) is 0 Å². The third kappa shape index (κ3) is 3.30. The zero-order valence-corrected chi connectivity index (χ0v) is 7.36. The number of ketones is 1. The summed E-state index contributed by atoms with van der Waals surface area (Å²) in [7, 11) is 0. The van der Waals surface area contributed by atoms with Crippen LogP contribution >= 0.6 is 0 Å². The first-order chi connectivity index (χ1) is 5.67. The van der Waals surface area contributed by atoms with Gasteiger partial charge in [0.25, 0.3) is 0 Å². The lowest BCUT2D eigenvalue weighted by molar-refractivity contribution is -0.126. The molecule has 0 fully saturated rings. The number of carbonyl (C=O) groups excluding carboxylic acids is 1. The van der Waals surface area contributed by atoms with E-state index in [1.807, 2.05) is 6.92 Å². The molecule has 12 heavy (non-hydrogen) atoms. The molecule has 4 N–H and O–H groups in total. The average molecular weight is 175 g/mol. The number of hydrogen-bond donors (Lipinski definition) is 3. The maximum Gasteiger partial charge on any atom is 0.152 e. The molecule has 0 aromatic carbocycles. The predicted octanol–water partition coefficient (Wildman–Crippen LogP) is -0.716. The molecule has 0 rings (SSSR count). The van der Waals surface area contributed by atoms with Crippen molar-refractivity contribution in [3.63, 3.8) is 0 Å². The van der Waals surface area contributed by atoms with E-state index in [9.17, 15) is 9.90 Å². The van der Waals surface area contributed by atoms with Gasteiger partial charge in [0.1, 0.15) is 0 Å². The highest BCUT2D eigenvalue weighted by molar-refractivity contribution is 5.83. The molecule has 0 heterocycles. The number of rotatable bonds is 6. The summed E-state index contributed by atoms with van der Waals surface area (Å²) in [5.41, 5.74) is 5.15. The Kier molecular flexibility index (Phi) is 5.88. The largest absolute Gasteiger partial charge is 0.394 e. The van der Waals surface area contributed by atoms with Crippen LogP contribution in [0.15, 0.2) is 0 Å². The Balaban J connectivity index is 4.11. The first kappa shape index (κ1) is 11.6. The Morgan fingerprint density at radius 2 is 2.17 bits per heavy atom. The molecular formula is C8H17NO3. The number of hydrogen-bond acceptors (Lipinski definition) is 4. The van der Waals surface area contributed by atoms with E-state index in [1.165, 1.54) is 0 Å². The molecule has 0 aliphatic heterocycles. The zero-order valence-electron chi connectivity index (χ0n) is 7.36. The SMILES string of the molecule is CCCC(C(=O)CN)C(O)CO. The molecule has 4 heteroatoms. The van der Waals surface area contributed by atoms with Crippen molar-refractivity contribution in [2.24, 2.45) is 11.7 Å². The van der Waals surface area contributed by atoms with Crippen molar-refractivity contribution >= 4 is 5.78 Å². The number of aliphatic hydroxyl groups is 2. The molecule has 2 unspecified atom stereocenters. The van der Waals surface area contributed by atoms with Gasteiger partial charge in [-0.1, -0.05) is 13.3 Å². The van der Waals surface area contributed by atoms with Crippen molar-refractivity contribution in [1.82, 2.24) is 0 Å². The Bertz CT molecular complexity index is 138. The van der Waals surface area contributed by atoms with Crippen molar-refractivity contribution in [2.45, 2.75) is 25.9 Å². The number of Topliss-reactive ketones (excluding diaryl/α,β-unsaturated/α-hetero) is 1. The van der Waals surface area contributed by atoms with Gasteiger partial charge in [0, 0.05) is 5.92 Å². The molecule has 0 spiro atoms. The maximum absolute atomic E-state index is 11.1. The summed E-state index contributed by atoms with van der Waals surface area (Å²) in [4.78, 5) is 11.1. The van der Waals surface area contributed by atoms with E-state index < -0.39 is 12.0 Å². The van der Waals surface area contributed by atoms with E-state index in [0.717, 1.165) is 6.42 Å². The molecule has 72 valence electrons. The minimum absolute atomic E-state index is 0.0677. The molecule has 0 saturated carbocycles. The van der Waals surface area contributed by atoms with Gasteiger partial charge in [0.05, 0.1) is 19.3 Å². The van der Waals surface area contributed by atoms with Crippen LogP contribution in [0.4, 0.5) is 0 Å². The highest BCUT2D eigenvalue weighted by Crippen LogP contribution is 2.12. The summed E-state index contributed by atoms with van der Waals surface area (Å²) in [6.45, 7) is 1.47. The van der Waals surface area contributed by atoms with Gasteiger partial charge in [-0.15, -0.1) is 0 Å². The van der Waals surface area contributed by atoms with Gasteiger partial charge in [-0.3, -0.25) is 4.79 Å². The second kappa shape index (κ2) is 6.11. The van der Waals surface area contributed by atoms with Crippen molar-refractivity contribution in [3.8, 4) is 0 Å². The lowest BCUT2D eigenvalue weighted by atomic mass is 9.93. The van der Waals surface area contributed by atoms with Crippen molar-refractivity contribution in [1.29, 1.82) is 0 Å². The highest BCUT2D eigenvalue weighted by atomic mass is 16.3. The Hall–Kier alpha value is -0.450. The van der Waals surface area contributed by atoms with Crippen LogP contribution in [0.2, 0.25) is 0 Å². The van der Waals surface area contributed by atoms with Crippen LogP contribution in [0.5, 0.6) is 0 Å². The molecular weight excluding hydrogens is 158 g/mol. The number of aliphatic hydroxyl groups excluding tert-OH is 2. The van der Waals surface area contributed by atoms with E-state index in [2.05, 4.69) is 0 Å². The second-order valence-corrected chi connectivity index (χ2v) is 2.82. The summed E-state index contributed by atoms with van der Waals surface area (Å²) in [5.74, 6) is -0.677. The molecule has 0 radical (unpaired) electrons. The fourth-order valence-corrected chi connectivity index (χ4v) is 1.16. The van der Waals surface area contributed by atoms with Gasteiger partial charge in [-0.2, -0.15) is 0 Å². The first-order valence-corrected chi connectivity index (χ1v) is 4.19. The lowest BCUT2D eigenvalue weighted by Crippen LogP contribution is -2.34. The molecule has 0 amide bonds. The van der Waals surface area contributed by atoms with E-state index in [0.29, 0.717) is 6.42 Å². The highest BCUT2D eigenvalue weighted by Gasteiger charge is 2.23. The average Bonchev–Trinajstić information content (AvgIpc) is 2.11. The van der Waals surface area contributed by atoms with E-state index in [4.69, 9.17) is 10.8 Å². The van der Waals surface area contributed by atoms with Crippen molar-refractivity contribution in [2.75, 3.05) is 13.2 Å². The van der Waals surface area contributed by atoms with Crippen LogP contribution in [-0.2, 0) is 4.79 Å². The fraction of sp³-hybridized carbons (Fsp3) is 0.875. The van der Waals surface area contributed by atoms with Crippen LogP contribution < -0.4 is 5.73 Å². The van der Waals surface area contributed by atoms with Gasteiger partial charge in [-0.25, -0.2) is 0 Å². The van der Waals surface area contributed by atoms with Gasteiger partial charge in [0.15, 0.2) is 5.78 Å². The summed E-state index contributed by atoms with van der Waals surface area (Å²) in [5, 5.41) is 17.9. The smallest absolute Gasteiger partial charge is 0.152 e. The molecule has 0 bridgehead atoms. The van der Waals surface area contributed by atoms with Crippen molar-refractivity contribution in [3.05, 3.63) is 0 Å². The molecule has 4 nitrogen and oxygen atoms in total. The molecule has 0 saturated heterocycles. The molecule has 0 aliphatic carbocycles. The standard InChI is InChI=1S/C8H17NO3/c1-2-3-6(7(11)4-9)8(12)5-10/h6,8,10,12H,2-5,9H2,1H3. The van der Waals surface area contributed by atoms with Crippen LogP contribution in [0.1, 0.15) is 19.8 Å². The van der Waals surface area contributed by atoms with Crippen molar-refractivity contribution < 1.29 is 15.0 Å². The maximum atomic E-state index is 11.1. The first-order valence-electron chi connectivity index (χ1n) is 4.19. The minimum Gasteiger partial charge on any atom is -0.394 e. The summed E-state index contributed by atoms with van der Waals surface area (Å²) in [6, 6.07) is 0. The van der Waals surface area contributed by atoms with E-state index in [-0.39, 0.29) is 18.9 Å². The predicted molar refractivity (Wildman–Crippen MR) is 45.6 cm³/mol. The fourth-order valence-electron chi connectivity index (χ4n) is 1.16. The van der Waals surface area contributed by atoms with Crippen LogP contribution in [0.3, 0.4) is 0 Å². The summed E-state index contributed by atoms with van der Waals surface area (Å²) in [6.07, 6.45) is 0.423. The lowest BCUT2D eigenvalue weighted by Gasteiger charge is -2.18. The second-order valence-electron chi connectivity index (χ2n) is 2.82. The number of nitrogens with two attached hydrogens (primary N) is 1. The zero-order chi connectivity index (χ0) is 9.56. The number of carbonyl (C=O) groups is 1.